The van der Waals surface area contributed by atoms with Crippen LogP contribution in [0.3, 0.4) is 0 Å². The highest BCUT2D eigenvalue weighted by molar-refractivity contribution is 4.84. The maximum atomic E-state index is 5.85. The van der Waals surface area contributed by atoms with Crippen molar-refractivity contribution in [3.05, 3.63) is 0 Å². The van der Waals surface area contributed by atoms with Crippen LogP contribution in [0.5, 0.6) is 0 Å². The molecule has 0 bridgehead atoms. The van der Waals surface area contributed by atoms with Gasteiger partial charge in [0, 0.05) is 25.2 Å². The first-order valence-electron chi connectivity index (χ1n) is 5.95. The summed E-state index contributed by atoms with van der Waals surface area (Å²) in [7, 11) is 0. The number of nitrogens with two attached hydrogens (primary N) is 1. The zero-order valence-corrected chi connectivity index (χ0v) is 8.95. The molecule has 2 saturated heterocycles. The van der Waals surface area contributed by atoms with Gasteiger partial charge in [-0.3, -0.25) is 4.90 Å². The molecule has 0 aromatic carbocycles. The molecule has 2 fully saturated rings. The first kappa shape index (κ1) is 10.4. The molecule has 0 saturated carbocycles. The second kappa shape index (κ2) is 5.10. The molecule has 3 heteroatoms. The largest absolute Gasteiger partial charge is 0.380 e. The molecule has 3 nitrogen and oxygen atoms in total. The van der Waals surface area contributed by atoms with Crippen molar-refractivity contribution in [2.24, 2.45) is 5.73 Å². The zero-order valence-electron chi connectivity index (χ0n) is 8.95. The van der Waals surface area contributed by atoms with Gasteiger partial charge in [-0.1, -0.05) is 12.8 Å². The number of hydrogen-bond acceptors (Lipinski definition) is 3. The fraction of sp³-hybridized carbons (Fsp3) is 1.00. The van der Waals surface area contributed by atoms with Crippen LogP contribution in [-0.4, -0.2) is 43.3 Å². The first-order valence-corrected chi connectivity index (χ1v) is 5.95. The molecule has 2 heterocycles. The van der Waals surface area contributed by atoms with E-state index in [-0.39, 0.29) is 0 Å². The van der Waals surface area contributed by atoms with Crippen molar-refractivity contribution in [3.63, 3.8) is 0 Å². The van der Waals surface area contributed by atoms with Crippen molar-refractivity contribution < 1.29 is 4.74 Å². The molecule has 0 aliphatic carbocycles. The van der Waals surface area contributed by atoms with Gasteiger partial charge in [-0.15, -0.1) is 0 Å². The summed E-state index contributed by atoms with van der Waals surface area (Å²) in [6, 6.07) is 1.27. The molecule has 2 aliphatic heterocycles. The van der Waals surface area contributed by atoms with Gasteiger partial charge in [0.1, 0.15) is 0 Å². The van der Waals surface area contributed by atoms with E-state index in [0.29, 0.717) is 12.1 Å². The molecular weight excluding hydrogens is 176 g/mol. The van der Waals surface area contributed by atoms with Gasteiger partial charge in [-0.25, -0.2) is 0 Å². The van der Waals surface area contributed by atoms with Crippen LogP contribution < -0.4 is 5.73 Å². The quantitative estimate of drug-likeness (QED) is 0.719. The van der Waals surface area contributed by atoms with E-state index in [1.54, 1.807) is 0 Å². The predicted octanol–water partition coefficient (Wildman–Crippen LogP) is 0.979. The Bertz CT molecular complexity index is 169. The van der Waals surface area contributed by atoms with Gasteiger partial charge in [0.15, 0.2) is 0 Å². The van der Waals surface area contributed by atoms with Gasteiger partial charge in [0.05, 0.1) is 6.61 Å². The van der Waals surface area contributed by atoms with E-state index in [1.807, 2.05) is 0 Å². The monoisotopic (exact) mass is 198 g/mol. The van der Waals surface area contributed by atoms with Crippen LogP contribution in [0.4, 0.5) is 0 Å². The summed E-state index contributed by atoms with van der Waals surface area (Å²) in [4.78, 5) is 2.61. The molecule has 0 aromatic heterocycles. The molecule has 0 amide bonds. The highest BCUT2D eigenvalue weighted by atomic mass is 16.5. The molecule has 0 radical (unpaired) electrons. The zero-order chi connectivity index (χ0) is 9.80. The van der Waals surface area contributed by atoms with E-state index in [1.165, 1.54) is 38.6 Å². The fourth-order valence-corrected chi connectivity index (χ4v) is 2.72. The summed E-state index contributed by atoms with van der Waals surface area (Å²) in [6.45, 7) is 3.92. The van der Waals surface area contributed by atoms with Gasteiger partial charge in [-0.2, -0.15) is 0 Å². The SMILES string of the molecule is NCC1CCCCCN1C1CCOC1. The standard InChI is InChI=1S/C11H22N2O/c12-8-10-4-2-1-3-6-13(10)11-5-7-14-9-11/h10-11H,1-9,12H2. The van der Waals surface area contributed by atoms with Crippen molar-refractivity contribution in [1.82, 2.24) is 4.90 Å². The van der Waals surface area contributed by atoms with E-state index in [2.05, 4.69) is 4.90 Å². The second-order valence-corrected chi connectivity index (χ2v) is 4.49. The summed E-state index contributed by atoms with van der Waals surface area (Å²) in [5.41, 5.74) is 5.85. The van der Waals surface area contributed by atoms with Crippen molar-refractivity contribution in [1.29, 1.82) is 0 Å². The smallest absolute Gasteiger partial charge is 0.0622 e. The highest BCUT2D eigenvalue weighted by Gasteiger charge is 2.29. The molecule has 2 unspecified atom stereocenters. The fourth-order valence-electron chi connectivity index (χ4n) is 2.72. The Morgan fingerprint density at radius 3 is 2.86 bits per heavy atom. The minimum atomic E-state index is 0.615. The van der Waals surface area contributed by atoms with E-state index in [0.717, 1.165) is 19.8 Å². The summed E-state index contributed by atoms with van der Waals surface area (Å²) < 4.78 is 5.46. The van der Waals surface area contributed by atoms with Crippen LogP contribution >= 0.6 is 0 Å². The molecule has 0 spiro atoms. The van der Waals surface area contributed by atoms with Crippen LogP contribution in [0.25, 0.3) is 0 Å². The summed E-state index contributed by atoms with van der Waals surface area (Å²) in [5, 5.41) is 0. The molecular formula is C11H22N2O. The van der Waals surface area contributed by atoms with Crippen molar-refractivity contribution in [2.45, 2.75) is 44.2 Å². The minimum absolute atomic E-state index is 0.615. The van der Waals surface area contributed by atoms with Crippen LogP contribution in [-0.2, 0) is 4.74 Å². The van der Waals surface area contributed by atoms with Gasteiger partial charge in [0.25, 0.3) is 0 Å². The Morgan fingerprint density at radius 2 is 2.14 bits per heavy atom. The van der Waals surface area contributed by atoms with E-state index in [9.17, 15) is 0 Å². The Labute approximate surface area is 86.6 Å². The number of rotatable bonds is 2. The van der Waals surface area contributed by atoms with Gasteiger partial charge >= 0.3 is 0 Å². The number of likely N-dealkylation sites (tertiary alicyclic amines) is 1. The lowest BCUT2D eigenvalue weighted by molar-refractivity contribution is 0.113. The molecule has 0 aromatic rings. The predicted molar refractivity (Wildman–Crippen MR) is 57.2 cm³/mol. The lowest BCUT2D eigenvalue weighted by atomic mass is 10.1. The third kappa shape index (κ3) is 2.27. The molecule has 2 rings (SSSR count). The third-order valence-electron chi connectivity index (χ3n) is 3.57. The lowest BCUT2D eigenvalue weighted by Crippen LogP contribution is -2.46. The molecule has 2 aliphatic rings. The van der Waals surface area contributed by atoms with Crippen LogP contribution in [0.15, 0.2) is 0 Å². The third-order valence-corrected chi connectivity index (χ3v) is 3.57. The van der Waals surface area contributed by atoms with Crippen molar-refractivity contribution in [2.75, 3.05) is 26.3 Å². The number of nitrogens with zero attached hydrogens (tertiary/aromatic N) is 1. The van der Waals surface area contributed by atoms with E-state index in [4.69, 9.17) is 10.5 Å². The van der Waals surface area contributed by atoms with Crippen molar-refractivity contribution >= 4 is 0 Å². The Balaban J connectivity index is 1.96. The highest BCUT2D eigenvalue weighted by Crippen LogP contribution is 2.22. The Kier molecular flexibility index (Phi) is 3.79. The minimum Gasteiger partial charge on any atom is -0.380 e. The molecule has 82 valence electrons. The average Bonchev–Trinajstić information content (AvgIpc) is 2.63. The van der Waals surface area contributed by atoms with Crippen LogP contribution in [0.2, 0.25) is 0 Å². The van der Waals surface area contributed by atoms with Gasteiger partial charge < -0.3 is 10.5 Å². The van der Waals surface area contributed by atoms with Crippen LogP contribution in [0, 0.1) is 0 Å². The average molecular weight is 198 g/mol. The summed E-state index contributed by atoms with van der Waals surface area (Å²) in [5.74, 6) is 0. The normalized spacial score (nSPS) is 35.8. The van der Waals surface area contributed by atoms with Gasteiger partial charge in [-0.05, 0) is 25.8 Å². The summed E-state index contributed by atoms with van der Waals surface area (Å²) in [6.07, 6.45) is 6.56. The van der Waals surface area contributed by atoms with E-state index < -0.39 is 0 Å². The maximum absolute atomic E-state index is 5.85. The maximum Gasteiger partial charge on any atom is 0.0622 e. The first-order chi connectivity index (χ1) is 6.92. The van der Waals surface area contributed by atoms with Crippen molar-refractivity contribution in [3.8, 4) is 0 Å². The molecule has 2 atom stereocenters. The topological polar surface area (TPSA) is 38.5 Å². The Morgan fingerprint density at radius 1 is 1.21 bits per heavy atom. The van der Waals surface area contributed by atoms with Crippen LogP contribution in [0.1, 0.15) is 32.1 Å². The Hall–Kier alpha value is -0.120. The molecule has 14 heavy (non-hydrogen) atoms. The number of ether oxygens (including phenoxy) is 1. The number of hydrogen-bond donors (Lipinski definition) is 1. The second-order valence-electron chi connectivity index (χ2n) is 4.49. The van der Waals surface area contributed by atoms with Gasteiger partial charge in [0.2, 0.25) is 0 Å². The van der Waals surface area contributed by atoms with E-state index >= 15 is 0 Å². The molecule has 2 N–H and O–H groups in total. The lowest BCUT2D eigenvalue weighted by Gasteiger charge is -2.33. The summed E-state index contributed by atoms with van der Waals surface area (Å²) >= 11 is 0.